The van der Waals surface area contributed by atoms with Crippen LogP contribution in [0.1, 0.15) is 19.4 Å². The number of hydrogen-bond acceptors (Lipinski definition) is 4. The lowest BCUT2D eigenvalue weighted by Gasteiger charge is -2.37. The highest BCUT2D eigenvalue weighted by Gasteiger charge is 2.25. The van der Waals surface area contributed by atoms with E-state index in [4.69, 9.17) is 14.2 Å². The van der Waals surface area contributed by atoms with Crippen molar-refractivity contribution in [2.24, 2.45) is 0 Å². The summed E-state index contributed by atoms with van der Waals surface area (Å²) in [6.07, 6.45) is 0.306. The zero-order chi connectivity index (χ0) is 14.4. The molecule has 2 atom stereocenters. The minimum absolute atomic E-state index is 0.306. The van der Waals surface area contributed by atoms with Gasteiger partial charge in [-0.3, -0.25) is 4.90 Å². The topological polar surface area (TPSA) is 30.9 Å². The monoisotopic (exact) mass is 279 g/mol. The third-order valence-corrected chi connectivity index (χ3v) is 3.88. The van der Waals surface area contributed by atoms with E-state index in [0.717, 1.165) is 25.4 Å². The quantitative estimate of drug-likeness (QED) is 0.748. The molecule has 0 spiro atoms. The molecule has 1 fully saturated rings. The summed E-state index contributed by atoms with van der Waals surface area (Å²) < 4.78 is 16.2. The van der Waals surface area contributed by atoms with Gasteiger partial charge in [-0.2, -0.15) is 0 Å². The zero-order valence-corrected chi connectivity index (χ0v) is 12.7. The van der Waals surface area contributed by atoms with Gasteiger partial charge < -0.3 is 14.2 Å². The van der Waals surface area contributed by atoms with Crippen LogP contribution in [0.2, 0.25) is 0 Å². The molecule has 0 aliphatic carbocycles. The van der Waals surface area contributed by atoms with E-state index in [2.05, 4.69) is 30.9 Å². The third-order valence-electron chi connectivity index (χ3n) is 3.88. The maximum Gasteiger partial charge on any atom is 0.119 e. The molecule has 4 nitrogen and oxygen atoms in total. The fraction of sp³-hybridized carbons (Fsp3) is 0.625. The fourth-order valence-electron chi connectivity index (χ4n) is 2.39. The largest absolute Gasteiger partial charge is 0.491 e. The SMILES string of the molecule is COCCOc1ccc(CN2CCO[C@H](C)[C@@H]2C)cc1. The average Bonchev–Trinajstić information content (AvgIpc) is 2.46. The van der Waals surface area contributed by atoms with Gasteiger partial charge >= 0.3 is 0 Å². The molecule has 1 aliphatic rings. The van der Waals surface area contributed by atoms with Gasteiger partial charge in [0.15, 0.2) is 0 Å². The minimum Gasteiger partial charge on any atom is -0.491 e. The Morgan fingerprint density at radius 2 is 1.95 bits per heavy atom. The molecular weight excluding hydrogens is 254 g/mol. The summed E-state index contributed by atoms with van der Waals surface area (Å²) in [6.45, 7) is 8.36. The molecule has 1 aromatic carbocycles. The summed E-state index contributed by atoms with van der Waals surface area (Å²) >= 11 is 0. The highest BCUT2D eigenvalue weighted by atomic mass is 16.5. The summed E-state index contributed by atoms with van der Waals surface area (Å²) in [4.78, 5) is 2.47. The molecule has 0 bridgehead atoms. The number of methoxy groups -OCH3 is 1. The second-order valence-electron chi connectivity index (χ2n) is 5.27. The van der Waals surface area contributed by atoms with E-state index in [0.29, 0.717) is 25.4 Å². The standard InChI is InChI=1S/C16H25NO3/c1-13-14(2)19-9-8-17(13)12-15-4-6-16(7-5-15)20-11-10-18-3/h4-7,13-14H,8-12H2,1-3H3/t13-,14+/m0/s1. The predicted octanol–water partition coefficient (Wildman–Crippen LogP) is 2.32. The smallest absolute Gasteiger partial charge is 0.119 e. The Hall–Kier alpha value is -1.10. The molecule has 1 aromatic rings. The van der Waals surface area contributed by atoms with E-state index in [9.17, 15) is 0 Å². The highest BCUT2D eigenvalue weighted by Crippen LogP contribution is 2.18. The van der Waals surface area contributed by atoms with E-state index in [-0.39, 0.29) is 0 Å². The average molecular weight is 279 g/mol. The van der Waals surface area contributed by atoms with Crippen LogP contribution < -0.4 is 4.74 Å². The number of morpholine rings is 1. The van der Waals surface area contributed by atoms with Gasteiger partial charge in [0.1, 0.15) is 12.4 Å². The van der Waals surface area contributed by atoms with E-state index in [1.807, 2.05) is 12.1 Å². The lowest BCUT2D eigenvalue weighted by atomic mass is 10.1. The van der Waals surface area contributed by atoms with E-state index < -0.39 is 0 Å². The van der Waals surface area contributed by atoms with Crippen LogP contribution in [0.4, 0.5) is 0 Å². The van der Waals surface area contributed by atoms with Gasteiger partial charge in [0.05, 0.1) is 19.3 Å². The number of ether oxygens (including phenoxy) is 3. The number of benzene rings is 1. The minimum atomic E-state index is 0.306. The first-order valence-corrected chi connectivity index (χ1v) is 7.27. The van der Waals surface area contributed by atoms with Crippen molar-refractivity contribution in [2.75, 3.05) is 33.5 Å². The van der Waals surface area contributed by atoms with Gasteiger partial charge in [0, 0.05) is 26.2 Å². The van der Waals surface area contributed by atoms with Gasteiger partial charge in [-0.25, -0.2) is 0 Å². The molecule has 0 N–H and O–H groups in total. The molecule has 0 radical (unpaired) electrons. The molecule has 0 saturated carbocycles. The van der Waals surface area contributed by atoms with Crippen molar-refractivity contribution in [1.29, 1.82) is 0 Å². The molecular formula is C16H25NO3. The maximum atomic E-state index is 5.66. The lowest BCUT2D eigenvalue weighted by Crippen LogP contribution is -2.47. The van der Waals surface area contributed by atoms with Gasteiger partial charge in [0.2, 0.25) is 0 Å². The molecule has 0 amide bonds. The first-order chi connectivity index (χ1) is 9.70. The van der Waals surface area contributed by atoms with Crippen LogP contribution in [0.3, 0.4) is 0 Å². The van der Waals surface area contributed by atoms with Crippen LogP contribution in [-0.2, 0) is 16.0 Å². The fourth-order valence-corrected chi connectivity index (χ4v) is 2.39. The van der Waals surface area contributed by atoms with Crippen molar-refractivity contribution in [1.82, 2.24) is 4.90 Å². The van der Waals surface area contributed by atoms with Gasteiger partial charge in [-0.1, -0.05) is 12.1 Å². The van der Waals surface area contributed by atoms with Crippen molar-refractivity contribution < 1.29 is 14.2 Å². The summed E-state index contributed by atoms with van der Waals surface area (Å²) in [7, 11) is 1.68. The van der Waals surface area contributed by atoms with Gasteiger partial charge in [-0.15, -0.1) is 0 Å². The second-order valence-corrected chi connectivity index (χ2v) is 5.27. The number of hydrogen-bond donors (Lipinski definition) is 0. The summed E-state index contributed by atoms with van der Waals surface area (Å²) in [5, 5.41) is 0. The summed E-state index contributed by atoms with van der Waals surface area (Å²) in [5.74, 6) is 0.897. The van der Waals surface area contributed by atoms with Crippen molar-refractivity contribution in [3.05, 3.63) is 29.8 Å². The Bertz CT molecular complexity index is 393. The van der Waals surface area contributed by atoms with Crippen molar-refractivity contribution in [2.45, 2.75) is 32.5 Å². The summed E-state index contributed by atoms with van der Waals surface area (Å²) in [6, 6.07) is 8.78. The second kappa shape index (κ2) is 7.62. The Balaban J connectivity index is 1.86. The van der Waals surface area contributed by atoms with Crippen LogP contribution in [0.5, 0.6) is 5.75 Å². The third kappa shape index (κ3) is 4.20. The Kier molecular flexibility index (Phi) is 5.83. The molecule has 1 heterocycles. The van der Waals surface area contributed by atoms with Crippen molar-refractivity contribution in [3.8, 4) is 5.75 Å². The predicted molar refractivity (Wildman–Crippen MR) is 79.1 cm³/mol. The van der Waals surface area contributed by atoms with E-state index >= 15 is 0 Å². The Morgan fingerprint density at radius 3 is 2.65 bits per heavy atom. The molecule has 2 rings (SSSR count). The maximum absolute atomic E-state index is 5.66. The molecule has 1 aliphatic heterocycles. The molecule has 112 valence electrons. The summed E-state index contributed by atoms with van der Waals surface area (Å²) in [5.41, 5.74) is 1.31. The molecule has 0 aromatic heterocycles. The zero-order valence-electron chi connectivity index (χ0n) is 12.7. The normalized spacial score (nSPS) is 23.8. The van der Waals surface area contributed by atoms with Crippen LogP contribution in [0.25, 0.3) is 0 Å². The highest BCUT2D eigenvalue weighted by molar-refractivity contribution is 5.27. The van der Waals surface area contributed by atoms with Crippen LogP contribution >= 0.6 is 0 Å². The Labute approximate surface area is 121 Å². The van der Waals surface area contributed by atoms with Crippen molar-refractivity contribution in [3.63, 3.8) is 0 Å². The number of rotatable bonds is 6. The van der Waals surface area contributed by atoms with E-state index in [1.165, 1.54) is 5.56 Å². The van der Waals surface area contributed by atoms with Crippen LogP contribution in [0.15, 0.2) is 24.3 Å². The first-order valence-electron chi connectivity index (χ1n) is 7.27. The van der Waals surface area contributed by atoms with Gasteiger partial charge in [0.25, 0.3) is 0 Å². The van der Waals surface area contributed by atoms with Gasteiger partial charge in [-0.05, 0) is 31.5 Å². The Morgan fingerprint density at radius 1 is 1.20 bits per heavy atom. The first kappa shape index (κ1) is 15.3. The lowest BCUT2D eigenvalue weighted by molar-refractivity contribution is -0.0584. The molecule has 0 unspecified atom stereocenters. The molecule has 1 saturated heterocycles. The molecule has 20 heavy (non-hydrogen) atoms. The van der Waals surface area contributed by atoms with Crippen LogP contribution in [-0.4, -0.2) is 50.5 Å². The van der Waals surface area contributed by atoms with Crippen LogP contribution in [0, 0.1) is 0 Å². The van der Waals surface area contributed by atoms with Crippen molar-refractivity contribution >= 4 is 0 Å². The van der Waals surface area contributed by atoms with E-state index in [1.54, 1.807) is 7.11 Å². The molecule has 4 heteroatoms. The number of nitrogens with zero attached hydrogens (tertiary/aromatic N) is 1.